The maximum Gasteiger partial charge on any atom is 0.433 e. The van der Waals surface area contributed by atoms with Gasteiger partial charge in [-0.15, -0.1) is 0 Å². The molecule has 4 heterocycles. The van der Waals surface area contributed by atoms with Crippen molar-refractivity contribution in [3.8, 4) is 5.82 Å². The first-order chi connectivity index (χ1) is 13.4. The summed E-state index contributed by atoms with van der Waals surface area (Å²) in [5.74, 6) is 2.74. The zero-order valence-electron chi connectivity index (χ0n) is 15.1. The number of nitrogens with zero attached hydrogens (tertiary/aromatic N) is 7. The smallest absolute Gasteiger partial charge is 0.353 e. The summed E-state index contributed by atoms with van der Waals surface area (Å²) in [4.78, 5) is 20.2. The van der Waals surface area contributed by atoms with E-state index in [-0.39, 0.29) is 5.82 Å². The van der Waals surface area contributed by atoms with Crippen molar-refractivity contribution in [3.63, 3.8) is 0 Å². The quantitative estimate of drug-likeness (QED) is 0.687. The Morgan fingerprint density at radius 1 is 0.893 bits per heavy atom. The summed E-state index contributed by atoms with van der Waals surface area (Å²) in [6.07, 6.45) is 0.0600. The molecule has 0 atom stereocenters. The molecule has 1 aliphatic rings. The number of hydrogen-bond acceptors (Lipinski definition) is 6. The van der Waals surface area contributed by atoms with Crippen LogP contribution in [0.5, 0.6) is 0 Å². The number of pyridine rings is 1. The van der Waals surface area contributed by atoms with Crippen LogP contribution < -0.4 is 9.80 Å². The second-order valence-corrected chi connectivity index (χ2v) is 6.43. The molecular formula is C18H18F3N7. The van der Waals surface area contributed by atoms with Crippen LogP contribution in [-0.4, -0.2) is 50.7 Å². The number of imidazole rings is 1. The van der Waals surface area contributed by atoms with Crippen molar-refractivity contribution in [2.24, 2.45) is 0 Å². The molecule has 1 saturated heterocycles. The number of hydrogen-bond donors (Lipinski definition) is 0. The summed E-state index contributed by atoms with van der Waals surface area (Å²) in [6, 6.07) is 6.77. The summed E-state index contributed by atoms with van der Waals surface area (Å²) < 4.78 is 40.5. The van der Waals surface area contributed by atoms with Gasteiger partial charge in [0.05, 0.1) is 0 Å². The average molecular weight is 389 g/mol. The lowest BCUT2D eigenvalue weighted by atomic mass is 10.2. The maximum absolute atomic E-state index is 12.9. The van der Waals surface area contributed by atoms with Crippen LogP contribution >= 0.6 is 0 Å². The first-order valence-electron chi connectivity index (χ1n) is 8.78. The van der Waals surface area contributed by atoms with Crippen molar-refractivity contribution in [3.05, 3.63) is 54.5 Å². The predicted octanol–water partition coefficient (Wildman–Crippen LogP) is 2.71. The van der Waals surface area contributed by atoms with Crippen LogP contribution in [0.1, 0.15) is 11.5 Å². The fraction of sp³-hybridized carbons (Fsp3) is 0.333. The van der Waals surface area contributed by atoms with E-state index in [0.717, 1.165) is 29.9 Å². The first-order valence-corrected chi connectivity index (χ1v) is 8.78. The summed E-state index contributed by atoms with van der Waals surface area (Å²) >= 11 is 0. The normalized spacial score (nSPS) is 15.1. The second kappa shape index (κ2) is 7.10. The van der Waals surface area contributed by atoms with Gasteiger partial charge in [-0.05, 0) is 19.1 Å². The van der Waals surface area contributed by atoms with Gasteiger partial charge >= 0.3 is 6.18 Å². The maximum atomic E-state index is 12.9. The number of aryl methyl sites for hydroxylation is 1. The van der Waals surface area contributed by atoms with E-state index in [0.29, 0.717) is 26.2 Å². The van der Waals surface area contributed by atoms with Crippen LogP contribution in [0.15, 0.2) is 43.0 Å². The van der Waals surface area contributed by atoms with Crippen LogP contribution in [-0.2, 0) is 6.18 Å². The molecule has 0 spiro atoms. The number of piperazine rings is 1. The van der Waals surface area contributed by atoms with Crippen molar-refractivity contribution in [2.75, 3.05) is 36.0 Å². The molecule has 146 valence electrons. The molecule has 10 heteroatoms. The fourth-order valence-corrected chi connectivity index (χ4v) is 3.18. The Bertz CT molecular complexity index is 962. The molecule has 4 rings (SSSR count). The minimum atomic E-state index is -4.48. The highest BCUT2D eigenvalue weighted by Gasteiger charge is 2.33. The third-order valence-corrected chi connectivity index (χ3v) is 4.66. The standard InChI is InChI=1S/C18H18F3N7/c1-13-22-5-6-28(13)16-4-2-3-15(25-16)26-7-9-27(10-8-26)17-11-14(18(19,20)21)23-12-24-17/h2-6,11-12H,7-10H2,1H3. The Balaban J connectivity index is 1.47. The Kier molecular flexibility index (Phi) is 4.62. The lowest BCUT2D eigenvalue weighted by Crippen LogP contribution is -2.47. The van der Waals surface area contributed by atoms with E-state index in [2.05, 4.69) is 19.9 Å². The zero-order valence-corrected chi connectivity index (χ0v) is 15.1. The fourth-order valence-electron chi connectivity index (χ4n) is 3.18. The van der Waals surface area contributed by atoms with Gasteiger partial charge in [0.2, 0.25) is 0 Å². The van der Waals surface area contributed by atoms with Gasteiger partial charge in [-0.2, -0.15) is 13.2 Å². The zero-order chi connectivity index (χ0) is 19.7. The number of anilines is 2. The summed E-state index contributed by atoms with van der Waals surface area (Å²) in [5, 5.41) is 0. The topological polar surface area (TPSA) is 63.0 Å². The molecule has 0 saturated carbocycles. The van der Waals surface area contributed by atoms with Crippen LogP contribution in [0.3, 0.4) is 0 Å². The SMILES string of the molecule is Cc1nccn1-c1cccc(N2CCN(c3cc(C(F)(F)F)ncn3)CC2)n1. The Morgan fingerprint density at radius 2 is 1.57 bits per heavy atom. The van der Waals surface area contributed by atoms with Crippen molar-refractivity contribution >= 4 is 11.6 Å². The van der Waals surface area contributed by atoms with E-state index in [4.69, 9.17) is 4.98 Å². The van der Waals surface area contributed by atoms with E-state index in [1.54, 1.807) is 6.20 Å². The molecule has 0 N–H and O–H groups in total. The van der Waals surface area contributed by atoms with Gasteiger partial charge in [-0.1, -0.05) is 6.07 Å². The van der Waals surface area contributed by atoms with E-state index in [9.17, 15) is 13.2 Å². The van der Waals surface area contributed by atoms with Gasteiger partial charge in [0.25, 0.3) is 0 Å². The highest BCUT2D eigenvalue weighted by Crippen LogP contribution is 2.29. The molecule has 0 radical (unpaired) electrons. The number of rotatable bonds is 3. The lowest BCUT2D eigenvalue weighted by Gasteiger charge is -2.36. The van der Waals surface area contributed by atoms with E-state index in [1.165, 1.54) is 0 Å². The average Bonchev–Trinajstić information content (AvgIpc) is 3.14. The molecule has 0 unspecified atom stereocenters. The van der Waals surface area contributed by atoms with E-state index < -0.39 is 11.9 Å². The van der Waals surface area contributed by atoms with Gasteiger partial charge in [-0.3, -0.25) is 4.57 Å². The predicted molar refractivity (Wildman–Crippen MR) is 97.6 cm³/mol. The van der Waals surface area contributed by atoms with Gasteiger partial charge in [0.1, 0.15) is 35.3 Å². The molecule has 1 aliphatic heterocycles. The van der Waals surface area contributed by atoms with Crippen molar-refractivity contribution in [2.45, 2.75) is 13.1 Å². The monoisotopic (exact) mass is 389 g/mol. The van der Waals surface area contributed by atoms with Gasteiger partial charge in [-0.25, -0.2) is 19.9 Å². The minimum Gasteiger partial charge on any atom is -0.353 e. The Labute approximate surface area is 159 Å². The Morgan fingerprint density at radius 3 is 2.21 bits per heavy atom. The van der Waals surface area contributed by atoms with Crippen LogP contribution in [0, 0.1) is 6.92 Å². The highest BCUT2D eigenvalue weighted by molar-refractivity contribution is 5.47. The molecule has 0 bridgehead atoms. The molecule has 7 nitrogen and oxygen atoms in total. The summed E-state index contributed by atoms with van der Waals surface area (Å²) in [5.41, 5.74) is -0.926. The van der Waals surface area contributed by atoms with Gasteiger partial charge < -0.3 is 9.80 Å². The van der Waals surface area contributed by atoms with Crippen molar-refractivity contribution in [1.29, 1.82) is 0 Å². The summed E-state index contributed by atoms with van der Waals surface area (Å²) in [6.45, 7) is 4.26. The van der Waals surface area contributed by atoms with Crippen LogP contribution in [0.2, 0.25) is 0 Å². The van der Waals surface area contributed by atoms with Crippen LogP contribution in [0.25, 0.3) is 5.82 Å². The highest BCUT2D eigenvalue weighted by atomic mass is 19.4. The van der Waals surface area contributed by atoms with Gasteiger partial charge in [0.15, 0.2) is 0 Å². The number of alkyl halides is 3. The third-order valence-electron chi connectivity index (χ3n) is 4.66. The summed E-state index contributed by atoms with van der Waals surface area (Å²) in [7, 11) is 0. The molecule has 28 heavy (non-hydrogen) atoms. The number of aromatic nitrogens is 5. The third kappa shape index (κ3) is 3.62. The molecule has 3 aromatic rings. The largest absolute Gasteiger partial charge is 0.433 e. The minimum absolute atomic E-state index is 0.290. The lowest BCUT2D eigenvalue weighted by molar-refractivity contribution is -0.141. The van der Waals surface area contributed by atoms with Crippen molar-refractivity contribution in [1.82, 2.24) is 24.5 Å². The van der Waals surface area contributed by atoms with E-state index >= 15 is 0 Å². The first kappa shape index (κ1) is 18.2. The molecule has 0 amide bonds. The molecule has 0 aliphatic carbocycles. The van der Waals surface area contributed by atoms with Crippen LogP contribution in [0.4, 0.5) is 24.8 Å². The Hall–Kier alpha value is -3.17. The second-order valence-electron chi connectivity index (χ2n) is 6.43. The van der Waals surface area contributed by atoms with E-state index in [1.807, 2.05) is 40.8 Å². The number of halogens is 3. The molecule has 0 aromatic carbocycles. The van der Waals surface area contributed by atoms with Gasteiger partial charge in [0, 0.05) is 44.6 Å². The molecule has 1 fully saturated rings. The van der Waals surface area contributed by atoms with Crippen molar-refractivity contribution < 1.29 is 13.2 Å². The molecular weight excluding hydrogens is 371 g/mol. The molecule has 3 aromatic heterocycles.